The molecule has 7 rings (SSSR count). The normalized spacial score (nSPS) is 10.5. The summed E-state index contributed by atoms with van der Waals surface area (Å²) in [4.78, 5) is 54.4. The van der Waals surface area contributed by atoms with E-state index >= 15 is 0 Å². The summed E-state index contributed by atoms with van der Waals surface area (Å²) >= 11 is 0. The second-order valence-electron chi connectivity index (χ2n) is 15.5. The number of methoxy groups -OCH3 is 6. The van der Waals surface area contributed by atoms with Crippen molar-refractivity contribution in [3.8, 4) is 23.0 Å². The standard InChI is InChI=1S/C30H28F2N4O5.C23H25N3O4/c1-39-21-11-7-19(8-12-21)17-36(18-20-9-13-22(40-2)14-10-20)27-15-23(30(38)41-3)26(16-33-27)35-29(37)25-6-4-5-24(34-25)28(31)32;1-28-18-8-4-16(5-9-18)14-26(15-17-6-10-19(29-2)11-7-17)22-12-20(23(27)30-3)21(24)13-25-22/h4-16,28H,17-18H2,1-3H3,(H,35,37);4-13H,14-15,24H2,1-3H3. The molecule has 0 bridgehead atoms. The first-order valence-electron chi connectivity index (χ1n) is 21.8. The molecule has 0 aliphatic rings. The van der Waals surface area contributed by atoms with Crippen molar-refractivity contribution in [2.24, 2.45) is 0 Å². The summed E-state index contributed by atoms with van der Waals surface area (Å²) < 4.78 is 57.0. The molecule has 0 atom stereocenters. The maximum Gasteiger partial charge on any atom is 0.340 e. The third kappa shape index (κ3) is 14.1. The number of carbonyl (C=O) groups is 3. The number of nitrogen functional groups attached to an aromatic ring is 1. The van der Waals surface area contributed by atoms with Crippen molar-refractivity contribution in [1.29, 1.82) is 0 Å². The lowest BCUT2D eigenvalue weighted by Gasteiger charge is -2.25. The van der Waals surface area contributed by atoms with Gasteiger partial charge in [-0.3, -0.25) is 4.79 Å². The summed E-state index contributed by atoms with van der Waals surface area (Å²) in [7, 11) is 9.00. The van der Waals surface area contributed by atoms with Gasteiger partial charge in [0.15, 0.2) is 0 Å². The van der Waals surface area contributed by atoms with E-state index in [1.54, 1.807) is 34.5 Å². The number of amides is 1. The summed E-state index contributed by atoms with van der Waals surface area (Å²) in [5.41, 5.74) is 9.87. The highest BCUT2D eigenvalue weighted by atomic mass is 19.3. The predicted octanol–water partition coefficient (Wildman–Crippen LogP) is 9.35. The lowest BCUT2D eigenvalue weighted by molar-refractivity contribution is 0.0592. The summed E-state index contributed by atoms with van der Waals surface area (Å²) in [5, 5.41) is 2.54. The Kier molecular flexibility index (Phi) is 18.2. The number of ether oxygens (including phenoxy) is 6. The fourth-order valence-corrected chi connectivity index (χ4v) is 7.04. The Bertz CT molecular complexity index is 2770. The van der Waals surface area contributed by atoms with Gasteiger partial charge in [0.1, 0.15) is 46.0 Å². The zero-order chi connectivity index (χ0) is 50.9. The van der Waals surface area contributed by atoms with E-state index in [4.69, 9.17) is 34.2 Å². The molecule has 3 N–H and O–H groups in total. The third-order valence-corrected chi connectivity index (χ3v) is 10.9. The van der Waals surface area contributed by atoms with Gasteiger partial charge in [-0.25, -0.2) is 33.3 Å². The maximum absolute atomic E-state index is 13.1. The first kappa shape index (κ1) is 51.6. The van der Waals surface area contributed by atoms with Gasteiger partial charge in [0.2, 0.25) is 0 Å². The zero-order valence-corrected chi connectivity index (χ0v) is 39.9. The second-order valence-corrected chi connectivity index (χ2v) is 15.5. The average molecular weight is 970 g/mol. The van der Waals surface area contributed by atoms with Crippen LogP contribution < -0.4 is 39.8 Å². The molecule has 0 unspecified atom stereocenters. The smallest absolute Gasteiger partial charge is 0.340 e. The summed E-state index contributed by atoms with van der Waals surface area (Å²) in [6.07, 6.45) is -0.0287. The van der Waals surface area contributed by atoms with E-state index in [1.165, 1.54) is 44.8 Å². The van der Waals surface area contributed by atoms with Gasteiger partial charge in [-0.05, 0) is 95.1 Å². The van der Waals surface area contributed by atoms with Crippen molar-refractivity contribution >= 4 is 40.9 Å². The molecule has 368 valence electrons. The number of aromatic nitrogens is 3. The van der Waals surface area contributed by atoms with Crippen molar-refractivity contribution in [2.75, 3.05) is 63.5 Å². The van der Waals surface area contributed by atoms with Crippen LogP contribution in [0, 0.1) is 0 Å². The number of benzene rings is 4. The van der Waals surface area contributed by atoms with Gasteiger partial charge in [-0.2, -0.15) is 0 Å². The molecule has 0 saturated heterocycles. The van der Waals surface area contributed by atoms with E-state index in [0.717, 1.165) is 51.3 Å². The van der Waals surface area contributed by atoms with Crippen LogP contribution in [0.1, 0.15) is 65.6 Å². The number of esters is 2. The first-order valence-corrected chi connectivity index (χ1v) is 21.8. The molecular weight excluding hydrogens is 917 g/mol. The number of nitrogens with one attached hydrogen (secondary N) is 1. The number of halogens is 2. The van der Waals surface area contributed by atoms with E-state index in [9.17, 15) is 23.2 Å². The summed E-state index contributed by atoms with van der Waals surface area (Å²) in [6.45, 7) is 2.01. The van der Waals surface area contributed by atoms with Crippen LogP contribution in [0.25, 0.3) is 0 Å². The minimum absolute atomic E-state index is 0.0327. The van der Waals surface area contributed by atoms with Crippen LogP contribution in [0.4, 0.5) is 31.8 Å². The molecule has 71 heavy (non-hydrogen) atoms. The Balaban J connectivity index is 0.000000244. The molecular formula is C53H53F2N7O9. The fourth-order valence-electron chi connectivity index (χ4n) is 7.04. The highest BCUT2D eigenvalue weighted by Gasteiger charge is 2.22. The van der Waals surface area contributed by atoms with Crippen LogP contribution in [0.15, 0.2) is 140 Å². The molecule has 3 aromatic heterocycles. The molecule has 0 fully saturated rings. The molecule has 3 heterocycles. The van der Waals surface area contributed by atoms with Crippen molar-refractivity contribution < 1.29 is 51.6 Å². The third-order valence-electron chi connectivity index (χ3n) is 10.9. The van der Waals surface area contributed by atoms with Crippen LogP contribution in [-0.4, -0.2) is 75.5 Å². The number of anilines is 4. The Hall–Kier alpha value is -8.80. The van der Waals surface area contributed by atoms with Gasteiger partial charge in [0, 0.05) is 26.2 Å². The van der Waals surface area contributed by atoms with Crippen LogP contribution >= 0.6 is 0 Å². The largest absolute Gasteiger partial charge is 0.497 e. The molecule has 0 radical (unpaired) electrons. The molecule has 16 nitrogen and oxygen atoms in total. The molecule has 1 amide bonds. The molecule has 0 aliphatic heterocycles. The van der Waals surface area contributed by atoms with E-state index in [2.05, 4.69) is 25.2 Å². The monoisotopic (exact) mass is 969 g/mol. The van der Waals surface area contributed by atoms with Crippen molar-refractivity contribution in [2.45, 2.75) is 32.6 Å². The van der Waals surface area contributed by atoms with Gasteiger partial charge in [-0.15, -0.1) is 0 Å². The van der Waals surface area contributed by atoms with Crippen molar-refractivity contribution in [1.82, 2.24) is 15.0 Å². The minimum atomic E-state index is -2.84. The number of pyridine rings is 3. The number of carbonyl (C=O) groups excluding carboxylic acids is 3. The number of hydrogen-bond acceptors (Lipinski definition) is 15. The Morgan fingerprint density at radius 2 is 0.930 bits per heavy atom. The molecule has 0 aliphatic carbocycles. The highest BCUT2D eigenvalue weighted by Crippen LogP contribution is 2.28. The number of rotatable bonds is 19. The lowest BCUT2D eigenvalue weighted by Crippen LogP contribution is -2.24. The molecule has 18 heteroatoms. The highest BCUT2D eigenvalue weighted by molar-refractivity contribution is 6.07. The number of hydrogen-bond donors (Lipinski definition) is 2. The first-order chi connectivity index (χ1) is 34.3. The summed E-state index contributed by atoms with van der Waals surface area (Å²) in [5.74, 6) is 2.09. The number of nitrogens with two attached hydrogens (primary N) is 1. The van der Waals surface area contributed by atoms with E-state index in [0.29, 0.717) is 37.8 Å². The number of nitrogens with zero attached hydrogens (tertiary/aromatic N) is 5. The molecule has 7 aromatic rings. The Labute approximate surface area is 409 Å². The van der Waals surface area contributed by atoms with Crippen LogP contribution in [0.2, 0.25) is 0 Å². The molecule has 0 saturated carbocycles. The van der Waals surface area contributed by atoms with Crippen molar-refractivity contribution in [3.05, 3.63) is 185 Å². The van der Waals surface area contributed by atoms with Crippen molar-refractivity contribution in [3.63, 3.8) is 0 Å². The molecule has 0 spiro atoms. The van der Waals surface area contributed by atoms with Gasteiger partial charge < -0.3 is 49.3 Å². The molecule has 4 aromatic carbocycles. The fraction of sp³-hybridized carbons (Fsp3) is 0.208. The van der Waals surface area contributed by atoms with Gasteiger partial charge in [0.05, 0.1) is 77.6 Å². The second kappa shape index (κ2) is 25.0. The van der Waals surface area contributed by atoms with E-state index in [1.807, 2.05) is 102 Å². The topological polar surface area (TPSA) is 190 Å². The lowest BCUT2D eigenvalue weighted by atomic mass is 10.1. The van der Waals surface area contributed by atoms with Crippen LogP contribution in [0.3, 0.4) is 0 Å². The maximum atomic E-state index is 13.1. The van der Waals surface area contributed by atoms with E-state index in [-0.39, 0.29) is 28.2 Å². The Morgan fingerprint density at radius 1 is 0.549 bits per heavy atom. The minimum Gasteiger partial charge on any atom is -0.497 e. The average Bonchev–Trinajstić information content (AvgIpc) is 3.41. The van der Waals surface area contributed by atoms with E-state index < -0.39 is 30.0 Å². The Morgan fingerprint density at radius 3 is 1.31 bits per heavy atom. The SMILES string of the molecule is COC(=O)c1cc(N(Cc2ccc(OC)cc2)Cc2ccc(OC)cc2)ncc1N.COC(=O)c1cc(N(Cc2ccc(OC)cc2)Cc2ccc(OC)cc2)ncc1NC(=O)c1cccc(C(F)F)n1. The van der Waals surface area contributed by atoms with Crippen LogP contribution in [0.5, 0.6) is 23.0 Å². The van der Waals surface area contributed by atoms with Gasteiger partial charge >= 0.3 is 11.9 Å². The predicted molar refractivity (Wildman–Crippen MR) is 264 cm³/mol. The van der Waals surface area contributed by atoms with Gasteiger partial charge in [0.25, 0.3) is 12.3 Å². The summed E-state index contributed by atoms with van der Waals surface area (Å²) in [6, 6.07) is 37.7. The zero-order valence-electron chi connectivity index (χ0n) is 39.9. The van der Waals surface area contributed by atoms with Gasteiger partial charge in [-0.1, -0.05) is 54.6 Å². The van der Waals surface area contributed by atoms with Crippen LogP contribution in [-0.2, 0) is 35.7 Å². The quantitative estimate of drug-likeness (QED) is 0.0729. The number of alkyl halides is 2.